The van der Waals surface area contributed by atoms with Gasteiger partial charge in [-0.2, -0.15) is 5.26 Å². The van der Waals surface area contributed by atoms with Crippen molar-refractivity contribution in [2.45, 2.75) is 13.8 Å². The maximum atomic E-state index is 13.1. The Morgan fingerprint density at radius 1 is 1.50 bits per heavy atom. The predicted molar refractivity (Wildman–Crippen MR) is 44.4 cm³/mol. The molecule has 3 heteroatoms. The van der Waals surface area contributed by atoms with Crippen LogP contribution in [0.2, 0.25) is 0 Å². The van der Waals surface area contributed by atoms with Gasteiger partial charge in [0.05, 0.1) is 5.57 Å². The van der Waals surface area contributed by atoms with Crippen molar-refractivity contribution in [1.82, 2.24) is 5.32 Å². The summed E-state index contributed by atoms with van der Waals surface area (Å²) < 4.78 is 13.1. The second-order valence-corrected chi connectivity index (χ2v) is 2.65. The van der Waals surface area contributed by atoms with Crippen molar-refractivity contribution < 1.29 is 4.39 Å². The number of nitriles is 1. The zero-order valence-corrected chi connectivity index (χ0v) is 7.03. The SMILES string of the molecule is C=C1NC(C)=C(F)C(C)=C1C#N. The fourth-order valence-electron chi connectivity index (χ4n) is 1.11. The number of halogens is 1. The Kier molecular flexibility index (Phi) is 2.01. The van der Waals surface area contributed by atoms with Gasteiger partial charge in [-0.3, -0.25) is 0 Å². The normalized spacial score (nSPS) is 17.7. The largest absolute Gasteiger partial charge is 0.356 e. The summed E-state index contributed by atoms with van der Waals surface area (Å²) in [5.41, 5.74) is 1.53. The molecule has 1 aliphatic rings. The van der Waals surface area contributed by atoms with E-state index in [2.05, 4.69) is 11.9 Å². The molecule has 1 N–H and O–H groups in total. The lowest BCUT2D eigenvalue weighted by atomic mass is 10.0. The highest BCUT2D eigenvalue weighted by Gasteiger charge is 2.18. The zero-order valence-electron chi connectivity index (χ0n) is 7.03. The Morgan fingerprint density at radius 2 is 2.08 bits per heavy atom. The van der Waals surface area contributed by atoms with Crippen molar-refractivity contribution in [1.29, 1.82) is 5.26 Å². The Morgan fingerprint density at radius 3 is 2.58 bits per heavy atom. The summed E-state index contributed by atoms with van der Waals surface area (Å²) in [4.78, 5) is 0. The van der Waals surface area contributed by atoms with Crippen LogP contribution in [0.3, 0.4) is 0 Å². The second kappa shape index (κ2) is 2.82. The molecule has 0 atom stereocenters. The third-order valence-corrected chi connectivity index (χ3v) is 1.79. The minimum Gasteiger partial charge on any atom is -0.356 e. The van der Waals surface area contributed by atoms with Crippen LogP contribution in [-0.2, 0) is 0 Å². The van der Waals surface area contributed by atoms with E-state index in [-0.39, 0.29) is 11.4 Å². The molecule has 0 radical (unpaired) electrons. The summed E-state index contributed by atoms with van der Waals surface area (Å²) in [5.74, 6) is -0.362. The number of dihydropyridines is 1. The van der Waals surface area contributed by atoms with Gasteiger partial charge in [-0.05, 0) is 13.8 Å². The molecule has 62 valence electrons. The lowest BCUT2D eigenvalue weighted by molar-refractivity contribution is 0.617. The fourth-order valence-corrected chi connectivity index (χ4v) is 1.11. The summed E-state index contributed by atoms with van der Waals surface area (Å²) in [6.45, 7) is 6.79. The van der Waals surface area contributed by atoms with Crippen molar-refractivity contribution in [2.75, 3.05) is 0 Å². The molecule has 2 nitrogen and oxygen atoms in total. The highest BCUT2D eigenvalue weighted by molar-refractivity contribution is 5.53. The predicted octanol–water partition coefficient (Wildman–Crippen LogP) is 2.14. The average molecular weight is 164 g/mol. The van der Waals surface area contributed by atoms with E-state index < -0.39 is 0 Å². The Labute approximate surface area is 70.7 Å². The van der Waals surface area contributed by atoms with E-state index >= 15 is 0 Å². The summed E-state index contributed by atoms with van der Waals surface area (Å²) in [5, 5.41) is 11.3. The quantitative estimate of drug-likeness (QED) is 0.595. The Balaban J connectivity index is 3.29. The van der Waals surface area contributed by atoms with Gasteiger partial charge in [0, 0.05) is 17.0 Å². The van der Waals surface area contributed by atoms with Crippen molar-refractivity contribution in [3.63, 3.8) is 0 Å². The molecule has 0 aliphatic carbocycles. The smallest absolute Gasteiger partial charge is 0.146 e. The van der Waals surface area contributed by atoms with Gasteiger partial charge in [-0.15, -0.1) is 0 Å². The number of hydrogen-bond acceptors (Lipinski definition) is 2. The van der Waals surface area contributed by atoms with Crippen molar-refractivity contribution in [3.05, 3.63) is 34.9 Å². The van der Waals surface area contributed by atoms with E-state index in [1.54, 1.807) is 13.8 Å². The van der Waals surface area contributed by atoms with E-state index in [0.29, 0.717) is 17.0 Å². The van der Waals surface area contributed by atoms with Crippen LogP contribution in [-0.4, -0.2) is 0 Å². The number of nitrogens with one attached hydrogen (secondary N) is 1. The summed E-state index contributed by atoms with van der Waals surface area (Å²) in [6.07, 6.45) is 0. The minimum absolute atomic E-state index is 0.290. The van der Waals surface area contributed by atoms with Gasteiger partial charge in [0.2, 0.25) is 0 Å². The molecule has 12 heavy (non-hydrogen) atoms. The Bertz CT molecular complexity index is 342. The van der Waals surface area contributed by atoms with Crippen molar-refractivity contribution in [3.8, 4) is 6.07 Å². The number of hydrogen-bond donors (Lipinski definition) is 1. The third kappa shape index (κ3) is 1.12. The first-order valence-corrected chi connectivity index (χ1v) is 3.52. The van der Waals surface area contributed by atoms with E-state index in [1.807, 2.05) is 6.07 Å². The molecule has 0 spiro atoms. The second-order valence-electron chi connectivity index (χ2n) is 2.65. The molecular weight excluding hydrogens is 155 g/mol. The molecule has 0 aromatic rings. The van der Waals surface area contributed by atoms with E-state index in [0.717, 1.165) is 0 Å². The number of nitrogens with zero attached hydrogens (tertiary/aromatic N) is 1. The topological polar surface area (TPSA) is 35.8 Å². The molecule has 1 heterocycles. The molecule has 1 aliphatic heterocycles. The molecule has 0 fully saturated rings. The van der Waals surface area contributed by atoms with Gasteiger partial charge in [0.25, 0.3) is 0 Å². The molecule has 0 aromatic heterocycles. The van der Waals surface area contributed by atoms with E-state index in [4.69, 9.17) is 5.26 Å². The van der Waals surface area contributed by atoms with Crippen LogP contribution >= 0.6 is 0 Å². The Hall–Kier alpha value is -1.56. The average Bonchev–Trinajstić information content (AvgIpc) is 2.01. The molecule has 1 rings (SSSR count). The number of rotatable bonds is 0. The lowest BCUT2D eigenvalue weighted by Crippen LogP contribution is -2.18. The van der Waals surface area contributed by atoms with Crippen LogP contribution < -0.4 is 5.32 Å². The first-order chi connectivity index (χ1) is 5.57. The maximum absolute atomic E-state index is 13.1. The van der Waals surface area contributed by atoms with Crippen molar-refractivity contribution >= 4 is 0 Å². The molecule has 0 aromatic carbocycles. The fraction of sp³-hybridized carbons (Fsp3) is 0.222. The molecule has 0 saturated carbocycles. The highest BCUT2D eigenvalue weighted by atomic mass is 19.1. The molecule has 0 amide bonds. The van der Waals surface area contributed by atoms with Gasteiger partial charge in [-0.25, -0.2) is 4.39 Å². The van der Waals surface area contributed by atoms with Gasteiger partial charge >= 0.3 is 0 Å². The van der Waals surface area contributed by atoms with Gasteiger partial charge in [0.15, 0.2) is 0 Å². The highest BCUT2D eigenvalue weighted by Crippen LogP contribution is 2.26. The molecule has 0 unspecified atom stereocenters. The first-order valence-electron chi connectivity index (χ1n) is 3.52. The van der Waals surface area contributed by atoms with E-state index in [1.165, 1.54) is 0 Å². The van der Waals surface area contributed by atoms with Gasteiger partial charge in [-0.1, -0.05) is 6.58 Å². The van der Waals surface area contributed by atoms with Crippen LogP contribution in [0.15, 0.2) is 34.9 Å². The molecule has 0 bridgehead atoms. The number of allylic oxidation sites excluding steroid dienone is 4. The monoisotopic (exact) mass is 164 g/mol. The standard InChI is InChI=1S/C9H9FN2/c1-5-8(4-11)6(2)12-7(3)9(5)10/h12H,2H2,1,3H3. The van der Waals surface area contributed by atoms with Crippen LogP contribution in [0, 0.1) is 11.3 Å². The van der Waals surface area contributed by atoms with Gasteiger partial charge in [0.1, 0.15) is 11.9 Å². The lowest BCUT2D eigenvalue weighted by Gasteiger charge is -2.17. The summed E-state index contributed by atoms with van der Waals surface area (Å²) in [6, 6.07) is 1.90. The third-order valence-electron chi connectivity index (χ3n) is 1.79. The van der Waals surface area contributed by atoms with E-state index in [9.17, 15) is 4.39 Å². The van der Waals surface area contributed by atoms with Crippen LogP contribution in [0.4, 0.5) is 4.39 Å². The van der Waals surface area contributed by atoms with Crippen LogP contribution in [0.1, 0.15) is 13.8 Å². The first kappa shape index (κ1) is 8.54. The molecule has 0 saturated heterocycles. The summed E-state index contributed by atoms with van der Waals surface area (Å²) in [7, 11) is 0. The summed E-state index contributed by atoms with van der Waals surface area (Å²) >= 11 is 0. The van der Waals surface area contributed by atoms with Crippen LogP contribution in [0.25, 0.3) is 0 Å². The minimum atomic E-state index is -0.362. The van der Waals surface area contributed by atoms with Crippen molar-refractivity contribution in [2.24, 2.45) is 0 Å². The van der Waals surface area contributed by atoms with Crippen LogP contribution in [0.5, 0.6) is 0 Å². The zero-order chi connectivity index (χ0) is 9.30. The molecular formula is C9H9FN2. The van der Waals surface area contributed by atoms with Gasteiger partial charge < -0.3 is 5.32 Å². The maximum Gasteiger partial charge on any atom is 0.146 e.